The van der Waals surface area contributed by atoms with E-state index in [2.05, 4.69) is 13.2 Å². The Balaban J connectivity index is 4.09. The maximum absolute atomic E-state index is 11.1. The molecule has 0 bridgehead atoms. The van der Waals surface area contributed by atoms with Gasteiger partial charge in [0.2, 0.25) is 0 Å². The van der Waals surface area contributed by atoms with E-state index in [0.717, 1.165) is 4.90 Å². The van der Waals surface area contributed by atoms with E-state index >= 15 is 0 Å². The fourth-order valence-electron chi connectivity index (χ4n) is 1.05. The highest BCUT2D eigenvalue weighted by Crippen LogP contribution is 1.97. The molecule has 112 valence electrons. The van der Waals surface area contributed by atoms with Gasteiger partial charge in [0.25, 0.3) is 0 Å². The summed E-state index contributed by atoms with van der Waals surface area (Å²) in [6.07, 6.45) is -1.19. The molecular formula is C13H19NO6. The van der Waals surface area contributed by atoms with Crippen LogP contribution in [0.25, 0.3) is 0 Å². The Labute approximate surface area is 117 Å². The van der Waals surface area contributed by atoms with Crippen LogP contribution in [-0.4, -0.2) is 54.3 Å². The number of carboxylic acid groups (broad SMARTS) is 1. The third kappa shape index (κ3) is 7.20. The van der Waals surface area contributed by atoms with E-state index in [1.54, 1.807) is 0 Å². The molecule has 0 aromatic heterocycles. The average molecular weight is 285 g/mol. The fraction of sp³-hybridized carbons (Fsp3) is 0.462. The highest BCUT2D eigenvalue weighted by Gasteiger charge is 2.14. The van der Waals surface area contributed by atoms with Gasteiger partial charge in [-0.2, -0.15) is 0 Å². The predicted octanol–water partition coefficient (Wildman–Crippen LogP) is 1.21. The average Bonchev–Trinajstić information content (AvgIpc) is 2.35. The van der Waals surface area contributed by atoms with Gasteiger partial charge in [0.05, 0.1) is 13.1 Å². The van der Waals surface area contributed by atoms with Gasteiger partial charge in [0.15, 0.2) is 0 Å². The number of rotatable bonds is 8. The lowest BCUT2D eigenvalue weighted by Gasteiger charge is -2.18. The van der Waals surface area contributed by atoms with Crippen molar-refractivity contribution in [3.05, 3.63) is 24.3 Å². The van der Waals surface area contributed by atoms with Crippen molar-refractivity contribution in [3.8, 4) is 0 Å². The third-order valence-electron chi connectivity index (χ3n) is 2.16. The maximum Gasteiger partial charge on any atom is 0.407 e. The second kappa shape index (κ2) is 8.73. The summed E-state index contributed by atoms with van der Waals surface area (Å²) >= 11 is 0. The standard InChI is InChI=1S/C13H19NO6/c1-9(2)11(15)19-7-5-14(13(17)18)6-8-20-12(16)10(3)4/h1,3,5-8H2,2,4H3,(H,17,18). The van der Waals surface area contributed by atoms with E-state index in [0.29, 0.717) is 0 Å². The van der Waals surface area contributed by atoms with E-state index in [9.17, 15) is 14.4 Å². The summed E-state index contributed by atoms with van der Waals surface area (Å²) in [5.74, 6) is -1.16. The number of amides is 1. The molecule has 1 N–H and O–H groups in total. The molecule has 0 aliphatic carbocycles. The number of ether oxygens (including phenoxy) is 2. The molecule has 0 rings (SSSR count). The van der Waals surface area contributed by atoms with Gasteiger partial charge < -0.3 is 19.5 Å². The first-order valence-corrected chi connectivity index (χ1v) is 5.88. The molecule has 7 heteroatoms. The van der Waals surface area contributed by atoms with Crippen molar-refractivity contribution in [1.82, 2.24) is 4.90 Å². The molecule has 0 radical (unpaired) electrons. The first-order chi connectivity index (χ1) is 9.25. The van der Waals surface area contributed by atoms with Crippen molar-refractivity contribution < 1.29 is 29.0 Å². The molecule has 0 saturated carbocycles. The smallest absolute Gasteiger partial charge is 0.407 e. The van der Waals surface area contributed by atoms with Crippen LogP contribution in [0.3, 0.4) is 0 Å². The van der Waals surface area contributed by atoms with Crippen LogP contribution in [0.15, 0.2) is 24.3 Å². The zero-order chi connectivity index (χ0) is 15.7. The van der Waals surface area contributed by atoms with E-state index < -0.39 is 18.0 Å². The summed E-state index contributed by atoms with van der Waals surface area (Å²) in [6, 6.07) is 0. The molecule has 20 heavy (non-hydrogen) atoms. The van der Waals surface area contributed by atoms with Crippen LogP contribution in [0.1, 0.15) is 13.8 Å². The van der Waals surface area contributed by atoms with E-state index in [4.69, 9.17) is 14.6 Å². The zero-order valence-corrected chi connectivity index (χ0v) is 11.7. The lowest BCUT2D eigenvalue weighted by atomic mass is 10.4. The molecule has 0 saturated heterocycles. The van der Waals surface area contributed by atoms with Gasteiger partial charge in [-0.3, -0.25) is 0 Å². The summed E-state index contributed by atoms with van der Waals surface area (Å²) in [5, 5.41) is 8.93. The molecule has 0 aliphatic heterocycles. The van der Waals surface area contributed by atoms with E-state index in [1.165, 1.54) is 13.8 Å². The lowest BCUT2D eigenvalue weighted by molar-refractivity contribution is -0.139. The maximum atomic E-state index is 11.1. The summed E-state index contributed by atoms with van der Waals surface area (Å²) in [7, 11) is 0. The lowest BCUT2D eigenvalue weighted by Crippen LogP contribution is -2.36. The summed E-state index contributed by atoms with van der Waals surface area (Å²) in [4.78, 5) is 34.1. The minimum Gasteiger partial charge on any atom is -0.465 e. The summed E-state index contributed by atoms with van der Waals surface area (Å²) < 4.78 is 9.57. The van der Waals surface area contributed by atoms with Crippen LogP contribution >= 0.6 is 0 Å². The molecule has 0 unspecified atom stereocenters. The number of carbonyl (C=O) groups is 3. The number of nitrogens with zero attached hydrogens (tertiary/aromatic N) is 1. The van der Waals surface area contributed by atoms with Crippen molar-refractivity contribution in [2.75, 3.05) is 26.3 Å². The Morgan fingerprint density at radius 3 is 1.55 bits per heavy atom. The van der Waals surface area contributed by atoms with Crippen molar-refractivity contribution in [3.63, 3.8) is 0 Å². The topological polar surface area (TPSA) is 93.1 Å². The van der Waals surface area contributed by atoms with Crippen LogP contribution in [0.4, 0.5) is 4.79 Å². The van der Waals surface area contributed by atoms with Gasteiger partial charge in [-0.05, 0) is 13.8 Å². The van der Waals surface area contributed by atoms with E-state index in [1.807, 2.05) is 0 Å². The molecule has 0 spiro atoms. The predicted molar refractivity (Wildman–Crippen MR) is 71.1 cm³/mol. The van der Waals surface area contributed by atoms with Gasteiger partial charge in [-0.25, -0.2) is 14.4 Å². The molecule has 0 aliphatic rings. The second-order valence-corrected chi connectivity index (χ2v) is 4.10. The minimum absolute atomic E-state index is 0.0149. The normalized spacial score (nSPS) is 9.50. The van der Waals surface area contributed by atoms with Gasteiger partial charge in [0, 0.05) is 11.1 Å². The summed E-state index contributed by atoms with van der Waals surface area (Å²) in [5.41, 5.74) is 0.476. The Hall–Kier alpha value is -2.31. The van der Waals surface area contributed by atoms with Crippen LogP contribution in [-0.2, 0) is 19.1 Å². The first kappa shape index (κ1) is 17.7. The Kier molecular flexibility index (Phi) is 7.72. The molecule has 0 atom stereocenters. The number of hydrogen-bond donors (Lipinski definition) is 1. The Morgan fingerprint density at radius 1 is 0.950 bits per heavy atom. The highest BCUT2D eigenvalue weighted by molar-refractivity contribution is 5.87. The minimum atomic E-state index is -1.19. The molecule has 0 heterocycles. The number of hydrogen-bond acceptors (Lipinski definition) is 5. The second-order valence-electron chi connectivity index (χ2n) is 4.10. The molecule has 1 amide bonds. The van der Waals surface area contributed by atoms with Crippen LogP contribution < -0.4 is 0 Å². The quantitative estimate of drug-likeness (QED) is 0.532. The van der Waals surface area contributed by atoms with E-state index in [-0.39, 0.29) is 37.4 Å². The Bertz CT molecular complexity index is 383. The van der Waals surface area contributed by atoms with Crippen molar-refractivity contribution >= 4 is 18.0 Å². The zero-order valence-electron chi connectivity index (χ0n) is 11.7. The van der Waals surface area contributed by atoms with Gasteiger partial charge in [-0.15, -0.1) is 0 Å². The van der Waals surface area contributed by atoms with Crippen molar-refractivity contribution in [2.45, 2.75) is 13.8 Å². The van der Waals surface area contributed by atoms with Crippen LogP contribution in [0.2, 0.25) is 0 Å². The van der Waals surface area contributed by atoms with Gasteiger partial charge in [-0.1, -0.05) is 13.2 Å². The van der Waals surface area contributed by atoms with Crippen LogP contribution in [0, 0.1) is 0 Å². The molecule has 0 aromatic carbocycles. The molecule has 0 fully saturated rings. The van der Waals surface area contributed by atoms with Crippen molar-refractivity contribution in [2.24, 2.45) is 0 Å². The van der Waals surface area contributed by atoms with Crippen molar-refractivity contribution in [1.29, 1.82) is 0 Å². The molecule has 0 aromatic rings. The van der Waals surface area contributed by atoms with Crippen LogP contribution in [0.5, 0.6) is 0 Å². The van der Waals surface area contributed by atoms with Gasteiger partial charge >= 0.3 is 18.0 Å². The SMILES string of the molecule is C=C(C)C(=O)OCCN(CCOC(=O)C(=C)C)C(=O)O. The Morgan fingerprint density at radius 2 is 1.30 bits per heavy atom. The largest absolute Gasteiger partial charge is 0.465 e. The fourth-order valence-corrected chi connectivity index (χ4v) is 1.05. The molecular weight excluding hydrogens is 266 g/mol. The summed E-state index contributed by atoms with van der Waals surface area (Å²) in [6.45, 7) is 9.58. The number of esters is 2. The third-order valence-corrected chi connectivity index (χ3v) is 2.16. The monoisotopic (exact) mass is 285 g/mol. The first-order valence-electron chi connectivity index (χ1n) is 5.88. The number of carbonyl (C=O) groups excluding carboxylic acids is 2. The van der Waals surface area contributed by atoms with Gasteiger partial charge in [0.1, 0.15) is 13.2 Å². The molecule has 7 nitrogen and oxygen atoms in total. The highest BCUT2D eigenvalue weighted by atomic mass is 16.5.